The van der Waals surface area contributed by atoms with Crippen LogP contribution in [0, 0.1) is 18.3 Å². The molecule has 0 saturated heterocycles. The van der Waals surface area contributed by atoms with Crippen LogP contribution >= 0.6 is 9.24 Å². The molecule has 0 fully saturated rings. The molecule has 4 heteroatoms. The van der Waals surface area contributed by atoms with Crippen LogP contribution in [-0.2, 0) is 0 Å². The number of para-hydroxylation sites is 1. The number of nitriles is 1. The standard InChI is InChI=1S/C13H12O.C5H5N2P.C2H6/c1-11-7-9-13(10-8-11)14-12-5-3-2-4-6-12;6-1-4-2-7-3-5(4)8;1-2/h2-10H,1H3;2-3,7H,8H2;1-2H3/p+1. The molecule has 0 aliphatic carbocycles. The lowest BCUT2D eigenvalue weighted by Gasteiger charge is -2.04. The third-order valence-corrected chi connectivity index (χ3v) is 3.47. The van der Waals surface area contributed by atoms with Gasteiger partial charge in [0.25, 0.3) is 0 Å². The molecule has 1 heterocycles. The Morgan fingerprint density at radius 2 is 1.50 bits per heavy atom. The second-order valence-corrected chi connectivity index (χ2v) is 5.36. The van der Waals surface area contributed by atoms with E-state index < -0.39 is 0 Å². The maximum Gasteiger partial charge on any atom is 0.127 e. The number of quaternary nitrogens is 1. The van der Waals surface area contributed by atoms with Crippen LogP contribution in [0.2, 0.25) is 0 Å². The van der Waals surface area contributed by atoms with Gasteiger partial charge in [0.2, 0.25) is 0 Å². The summed E-state index contributed by atoms with van der Waals surface area (Å²) in [5.74, 6) is 1.75. The Hall–Kier alpha value is -2.40. The number of ether oxygens (including phenoxy) is 1. The first-order valence-electron chi connectivity index (χ1n) is 7.90. The predicted molar refractivity (Wildman–Crippen MR) is 102 cm³/mol. The molecule has 0 saturated carbocycles. The minimum atomic E-state index is 0.745. The highest BCUT2D eigenvalue weighted by Gasteiger charge is 2.06. The number of nitrogens with zero attached hydrogens (tertiary/aromatic N) is 1. The summed E-state index contributed by atoms with van der Waals surface area (Å²) in [6.07, 6.45) is 3.69. The van der Waals surface area contributed by atoms with E-state index in [4.69, 9.17) is 10.00 Å². The van der Waals surface area contributed by atoms with E-state index in [2.05, 4.69) is 22.2 Å². The second kappa shape index (κ2) is 11.2. The molecule has 0 amide bonds. The van der Waals surface area contributed by atoms with Crippen LogP contribution in [0.25, 0.3) is 0 Å². The number of rotatable bonds is 2. The number of nitrogens with two attached hydrogens (primary N) is 1. The average molecular weight is 339 g/mol. The van der Waals surface area contributed by atoms with E-state index in [1.807, 2.05) is 80.0 Å². The fraction of sp³-hybridized carbons (Fsp3) is 0.150. The van der Waals surface area contributed by atoms with Crippen molar-refractivity contribution in [1.29, 1.82) is 5.26 Å². The summed E-state index contributed by atoms with van der Waals surface area (Å²) in [4.78, 5) is 0. The number of aryl methyl sites for hydroxylation is 1. The van der Waals surface area contributed by atoms with Gasteiger partial charge in [-0.1, -0.05) is 59.0 Å². The van der Waals surface area contributed by atoms with Gasteiger partial charge in [-0.2, -0.15) is 5.26 Å². The largest absolute Gasteiger partial charge is 0.457 e. The van der Waals surface area contributed by atoms with Gasteiger partial charge in [-0.15, -0.1) is 0 Å². The molecule has 3 nitrogen and oxygen atoms in total. The highest BCUT2D eigenvalue weighted by Crippen LogP contribution is 2.20. The minimum absolute atomic E-state index is 0.745. The first-order valence-corrected chi connectivity index (χ1v) is 8.47. The van der Waals surface area contributed by atoms with Gasteiger partial charge in [0, 0.05) is 5.31 Å². The molecule has 0 aromatic heterocycles. The first-order chi connectivity index (χ1) is 11.7. The molecule has 3 rings (SSSR count). The van der Waals surface area contributed by atoms with Gasteiger partial charge >= 0.3 is 0 Å². The Labute approximate surface area is 146 Å². The Bertz CT molecular complexity index is 714. The fourth-order valence-corrected chi connectivity index (χ4v) is 2.04. The van der Waals surface area contributed by atoms with E-state index in [0.717, 1.165) is 22.4 Å². The molecule has 124 valence electrons. The normalized spacial score (nSPS) is 11.6. The van der Waals surface area contributed by atoms with Crippen LogP contribution in [0.3, 0.4) is 0 Å². The molecule has 0 spiro atoms. The summed E-state index contributed by atoms with van der Waals surface area (Å²) in [5, 5.41) is 11.2. The van der Waals surface area contributed by atoms with E-state index >= 15 is 0 Å². The third kappa shape index (κ3) is 6.79. The molecule has 1 atom stereocenters. The van der Waals surface area contributed by atoms with Gasteiger partial charge in [0.1, 0.15) is 35.5 Å². The van der Waals surface area contributed by atoms with E-state index in [-0.39, 0.29) is 0 Å². The molecule has 2 aromatic rings. The van der Waals surface area contributed by atoms with Crippen molar-refractivity contribution < 1.29 is 10.1 Å². The van der Waals surface area contributed by atoms with E-state index in [1.54, 1.807) is 6.20 Å². The van der Waals surface area contributed by atoms with E-state index in [0.29, 0.717) is 0 Å². The summed E-state index contributed by atoms with van der Waals surface area (Å²) < 4.78 is 5.63. The van der Waals surface area contributed by atoms with Crippen LogP contribution in [0.15, 0.2) is 77.9 Å². The predicted octanol–water partition coefficient (Wildman–Crippen LogP) is 4.50. The van der Waals surface area contributed by atoms with Crippen molar-refractivity contribution in [3.8, 4) is 17.6 Å². The maximum atomic E-state index is 8.34. The van der Waals surface area contributed by atoms with E-state index in [9.17, 15) is 0 Å². The van der Waals surface area contributed by atoms with Crippen molar-refractivity contribution in [1.82, 2.24) is 0 Å². The average Bonchev–Trinajstić information content (AvgIpc) is 3.05. The summed E-state index contributed by atoms with van der Waals surface area (Å²) >= 11 is 0. The second-order valence-electron chi connectivity index (χ2n) is 4.73. The van der Waals surface area contributed by atoms with Crippen LogP contribution in [0.5, 0.6) is 11.5 Å². The fourth-order valence-electron chi connectivity index (χ4n) is 1.77. The van der Waals surface area contributed by atoms with Crippen molar-refractivity contribution >= 4 is 9.24 Å². The molecule has 2 N–H and O–H groups in total. The molecule has 1 aliphatic heterocycles. The Morgan fingerprint density at radius 3 is 1.96 bits per heavy atom. The van der Waals surface area contributed by atoms with Crippen molar-refractivity contribution in [3.05, 3.63) is 83.4 Å². The van der Waals surface area contributed by atoms with E-state index in [1.165, 1.54) is 5.56 Å². The van der Waals surface area contributed by atoms with Gasteiger partial charge in [-0.25, -0.2) is 0 Å². The molecule has 0 radical (unpaired) electrons. The molecule has 24 heavy (non-hydrogen) atoms. The van der Waals surface area contributed by atoms with Crippen molar-refractivity contribution in [2.24, 2.45) is 0 Å². The number of allylic oxidation sites excluding steroid dienone is 2. The number of benzene rings is 2. The van der Waals surface area contributed by atoms with Crippen LogP contribution in [0.1, 0.15) is 19.4 Å². The Morgan fingerprint density at radius 1 is 0.917 bits per heavy atom. The monoisotopic (exact) mass is 339 g/mol. The van der Waals surface area contributed by atoms with Gasteiger partial charge in [-0.05, 0) is 31.2 Å². The van der Waals surface area contributed by atoms with Crippen molar-refractivity contribution in [3.63, 3.8) is 0 Å². The van der Waals surface area contributed by atoms with Gasteiger partial charge in [-0.3, -0.25) is 5.32 Å². The lowest BCUT2D eigenvalue weighted by molar-refractivity contribution is -0.510. The number of hydrogen-bond donors (Lipinski definition) is 1. The smallest absolute Gasteiger partial charge is 0.127 e. The zero-order valence-electron chi connectivity index (χ0n) is 14.4. The topological polar surface area (TPSA) is 49.6 Å². The molecule has 2 aromatic carbocycles. The summed E-state index contributed by atoms with van der Waals surface area (Å²) in [6.45, 7) is 6.06. The summed E-state index contributed by atoms with van der Waals surface area (Å²) in [5.41, 5.74) is 1.99. The highest BCUT2D eigenvalue weighted by atomic mass is 31.0. The zero-order chi connectivity index (χ0) is 17.8. The van der Waals surface area contributed by atoms with Crippen molar-refractivity contribution in [2.45, 2.75) is 20.8 Å². The Kier molecular flexibility index (Phi) is 9.16. The minimum Gasteiger partial charge on any atom is -0.457 e. The van der Waals surface area contributed by atoms with Gasteiger partial charge in [0.15, 0.2) is 0 Å². The lowest BCUT2D eigenvalue weighted by atomic mass is 10.2. The quantitative estimate of drug-likeness (QED) is 0.819. The van der Waals surface area contributed by atoms with Crippen LogP contribution in [0.4, 0.5) is 0 Å². The van der Waals surface area contributed by atoms with Gasteiger partial charge < -0.3 is 4.74 Å². The summed E-state index contributed by atoms with van der Waals surface area (Å²) in [6, 6.07) is 19.9. The molecule has 0 bridgehead atoms. The molecule has 1 unspecified atom stereocenters. The third-order valence-electron chi connectivity index (χ3n) is 2.97. The molecule has 1 aliphatic rings. The highest BCUT2D eigenvalue weighted by molar-refractivity contribution is 7.23. The zero-order valence-corrected chi connectivity index (χ0v) is 15.5. The Balaban J connectivity index is 0.000000245. The first kappa shape index (κ1) is 19.6. The molecular weight excluding hydrogens is 315 g/mol. The summed E-state index contributed by atoms with van der Waals surface area (Å²) in [7, 11) is 2.50. The lowest BCUT2D eigenvalue weighted by Crippen LogP contribution is -2.69. The molecular formula is C20H24N2OP+. The SMILES string of the molecule is CC.Cc1ccc(Oc2ccccc2)cc1.N#CC1=C[NH2+]C=C1P. The van der Waals surface area contributed by atoms with Crippen LogP contribution < -0.4 is 10.1 Å². The maximum absolute atomic E-state index is 8.34. The number of hydrogen-bond acceptors (Lipinski definition) is 2. The van der Waals surface area contributed by atoms with Crippen molar-refractivity contribution in [2.75, 3.05) is 0 Å². The van der Waals surface area contributed by atoms with Crippen LogP contribution in [-0.4, -0.2) is 0 Å². The van der Waals surface area contributed by atoms with Gasteiger partial charge in [0.05, 0.1) is 0 Å².